The number of piperazine rings is 1. The SMILES string of the molecule is CCOC(=O)N1CCN(C(=O)[C@H](CC)Oc2ccccc2OC)CC1. The second kappa shape index (κ2) is 9.15. The molecule has 0 aliphatic carbocycles. The summed E-state index contributed by atoms with van der Waals surface area (Å²) in [5, 5.41) is 0. The first-order chi connectivity index (χ1) is 12.1. The third-order valence-electron chi connectivity index (χ3n) is 4.10. The number of hydrogen-bond acceptors (Lipinski definition) is 5. The molecule has 0 saturated carbocycles. The molecule has 1 saturated heterocycles. The van der Waals surface area contributed by atoms with Gasteiger partial charge in [-0.15, -0.1) is 0 Å². The molecule has 1 aliphatic heterocycles. The minimum absolute atomic E-state index is 0.0723. The van der Waals surface area contributed by atoms with Crippen molar-refractivity contribution in [2.24, 2.45) is 0 Å². The molecule has 0 unspecified atom stereocenters. The number of methoxy groups -OCH3 is 1. The van der Waals surface area contributed by atoms with Gasteiger partial charge in [-0.05, 0) is 25.5 Å². The molecule has 0 radical (unpaired) electrons. The zero-order valence-corrected chi connectivity index (χ0v) is 15.1. The summed E-state index contributed by atoms with van der Waals surface area (Å²) in [7, 11) is 1.57. The number of para-hydroxylation sites is 2. The van der Waals surface area contributed by atoms with Crippen LogP contribution in [0.4, 0.5) is 4.79 Å². The highest BCUT2D eigenvalue weighted by Gasteiger charge is 2.30. The van der Waals surface area contributed by atoms with E-state index in [1.807, 2.05) is 19.1 Å². The number of rotatable bonds is 6. The Morgan fingerprint density at radius 1 is 1.04 bits per heavy atom. The summed E-state index contributed by atoms with van der Waals surface area (Å²) in [6.07, 6.45) is -0.355. The molecule has 0 N–H and O–H groups in total. The van der Waals surface area contributed by atoms with Crippen LogP contribution >= 0.6 is 0 Å². The summed E-state index contributed by atoms with van der Waals surface area (Å²) in [6, 6.07) is 7.27. The number of hydrogen-bond donors (Lipinski definition) is 0. The van der Waals surface area contributed by atoms with Gasteiger partial charge in [-0.25, -0.2) is 4.79 Å². The summed E-state index contributed by atoms with van der Waals surface area (Å²) in [5.41, 5.74) is 0. The van der Waals surface area contributed by atoms with Crippen molar-refractivity contribution in [1.29, 1.82) is 0 Å². The van der Waals surface area contributed by atoms with Crippen molar-refractivity contribution in [3.8, 4) is 11.5 Å². The lowest BCUT2D eigenvalue weighted by Gasteiger charge is -2.35. The Kier molecular flexibility index (Phi) is 6.91. The Hall–Kier alpha value is -2.44. The van der Waals surface area contributed by atoms with Crippen molar-refractivity contribution in [1.82, 2.24) is 9.80 Å². The lowest BCUT2D eigenvalue weighted by Crippen LogP contribution is -2.53. The molecule has 7 heteroatoms. The van der Waals surface area contributed by atoms with Crippen LogP contribution in [0.25, 0.3) is 0 Å². The van der Waals surface area contributed by atoms with Crippen molar-refractivity contribution < 1.29 is 23.8 Å². The van der Waals surface area contributed by atoms with Crippen LogP contribution in [0.15, 0.2) is 24.3 Å². The Bertz CT molecular complexity index is 585. The Labute approximate surface area is 148 Å². The number of nitrogens with zero attached hydrogens (tertiary/aromatic N) is 2. The highest BCUT2D eigenvalue weighted by atomic mass is 16.6. The highest BCUT2D eigenvalue weighted by molar-refractivity contribution is 5.81. The molecule has 7 nitrogen and oxygen atoms in total. The molecule has 1 aliphatic rings. The van der Waals surface area contributed by atoms with Crippen molar-refractivity contribution in [3.05, 3.63) is 24.3 Å². The Balaban J connectivity index is 1.95. The monoisotopic (exact) mass is 350 g/mol. The van der Waals surface area contributed by atoms with Crippen LogP contribution in [-0.4, -0.2) is 67.8 Å². The number of carbonyl (C=O) groups is 2. The van der Waals surface area contributed by atoms with Gasteiger partial charge >= 0.3 is 6.09 Å². The zero-order chi connectivity index (χ0) is 18.2. The number of carbonyl (C=O) groups excluding carboxylic acids is 2. The summed E-state index contributed by atoms with van der Waals surface area (Å²) in [5.74, 6) is 1.08. The molecule has 0 bridgehead atoms. The van der Waals surface area contributed by atoms with Crippen molar-refractivity contribution in [2.45, 2.75) is 26.4 Å². The van der Waals surface area contributed by atoms with E-state index in [9.17, 15) is 9.59 Å². The molecule has 1 aromatic rings. The minimum Gasteiger partial charge on any atom is -0.493 e. The smallest absolute Gasteiger partial charge is 0.409 e. The van der Waals surface area contributed by atoms with Crippen molar-refractivity contribution in [2.75, 3.05) is 39.9 Å². The van der Waals surface area contributed by atoms with Gasteiger partial charge in [0.05, 0.1) is 13.7 Å². The number of amides is 2. The lowest BCUT2D eigenvalue weighted by atomic mass is 10.2. The van der Waals surface area contributed by atoms with E-state index in [4.69, 9.17) is 14.2 Å². The van der Waals surface area contributed by atoms with Crippen LogP contribution in [0.2, 0.25) is 0 Å². The summed E-state index contributed by atoms with van der Waals surface area (Å²) >= 11 is 0. The molecule has 0 aromatic heterocycles. The van der Waals surface area contributed by atoms with Crippen LogP contribution in [0.5, 0.6) is 11.5 Å². The quantitative estimate of drug-likeness (QED) is 0.786. The van der Waals surface area contributed by atoms with Gasteiger partial charge in [-0.3, -0.25) is 4.79 Å². The second-order valence-electron chi connectivity index (χ2n) is 5.68. The standard InChI is InChI=1S/C18H26N2O5/c1-4-14(25-16-9-7-6-8-15(16)23-3)17(21)19-10-12-20(13-11-19)18(22)24-5-2/h6-9,14H,4-5,10-13H2,1-3H3/t14-/m0/s1. The molecule has 2 rings (SSSR count). The van der Waals surface area contributed by atoms with Gasteiger partial charge in [0.2, 0.25) is 0 Å². The molecule has 25 heavy (non-hydrogen) atoms. The fourth-order valence-corrected chi connectivity index (χ4v) is 2.71. The molecule has 0 spiro atoms. The van der Waals surface area contributed by atoms with E-state index < -0.39 is 6.10 Å². The molecular weight excluding hydrogens is 324 g/mol. The van der Waals surface area contributed by atoms with E-state index in [1.165, 1.54) is 0 Å². The Morgan fingerprint density at radius 3 is 2.20 bits per heavy atom. The fraction of sp³-hybridized carbons (Fsp3) is 0.556. The van der Waals surface area contributed by atoms with Gasteiger partial charge in [0.15, 0.2) is 17.6 Å². The Morgan fingerprint density at radius 2 is 1.64 bits per heavy atom. The van der Waals surface area contributed by atoms with Gasteiger partial charge in [-0.2, -0.15) is 0 Å². The largest absolute Gasteiger partial charge is 0.493 e. The maximum atomic E-state index is 12.8. The van der Waals surface area contributed by atoms with Gasteiger partial charge in [0.25, 0.3) is 5.91 Å². The predicted molar refractivity (Wildman–Crippen MR) is 92.9 cm³/mol. The lowest BCUT2D eigenvalue weighted by molar-refractivity contribution is -0.140. The molecule has 2 amide bonds. The normalized spacial score (nSPS) is 15.5. The topological polar surface area (TPSA) is 68.3 Å². The maximum absolute atomic E-state index is 12.8. The average Bonchev–Trinajstić information content (AvgIpc) is 2.66. The summed E-state index contributed by atoms with van der Waals surface area (Å²) in [4.78, 5) is 27.9. The van der Waals surface area contributed by atoms with Crippen LogP contribution in [0, 0.1) is 0 Å². The van der Waals surface area contributed by atoms with E-state index >= 15 is 0 Å². The first-order valence-electron chi connectivity index (χ1n) is 8.60. The molecule has 1 fully saturated rings. The van der Waals surface area contributed by atoms with Crippen LogP contribution in [0.1, 0.15) is 20.3 Å². The van der Waals surface area contributed by atoms with E-state index in [0.717, 1.165) is 0 Å². The van der Waals surface area contributed by atoms with E-state index in [1.54, 1.807) is 36.0 Å². The highest BCUT2D eigenvalue weighted by Crippen LogP contribution is 2.27. The maximum Gasteiger partial charge on any atom is 0.409 e. The second-order valence-corrected chi connectivity index (χ2v) is 5.68. The van der Waals surface area contributed by atoms with Crippen LogP contribution in [-0.2, 0) is 9.53 Å². The van der Waals surface area contributed by atoms with Crippen molar-refractivity contribution >= 4 is 12.0 Å². The fourth-order valence-electron chi connectivity index (χ4n) is 2.71. The zero-order valence-electron chi connectivity index (χ0n) is 15.1. The van der Waals surface area contributed by atoms with E-state index in [0.29, 0.717) is 50.7 Å². The number of ether oxygens (including phenoxy) is 3. The molecule has 1 aromatic carbocycles. The molecule has 1 heterocycles. The van der Waals surface area contributed by atoms with Gasteiger partial charge < -0.3 is 24.0 Å². The molecule has 1 atom stereocenters. The summed E-state index contributed by atoms with van der Waals surface area (Å²) in [6.45, 7) is 5.92. The molecule has 138 valence electrons. The van der Waals surface area contributed by atoms with Gasteiger partial charge in [0.1, 0.15) is 0 Å². The average molecular weight is 350 g/mol. The third kappa shape index (κ3) is 4.78. The minimum atomic E-state index is -0.578. The van der Waals surface area contributed by atoms with Gasteiger partial charge in [-0.1, -0.05) is 19.1 Å². The van der Waals surface area contributed by atoms with Gasteiger partial charge in [0, 0.05) is 26.2 Å². The predicted octanol–water partition coefficient (Wildman–Crippen LogP) is 2.15. The van der Waals surface area contributed by atoms with E-state index in [2.05, 4.69) is 0 Å². The first kappa shape index (κ1) is 18.9. The van der Waals surface area contributed by atoms with Crippen molar-refractivity contribution in [3.63, 3.8) is 0 Å². The summed E-state index contributed by atoms with van der Waals surface area (Å²) < 4.78 is 16.2. The first-order valence-corrected chi connectivity index (χ1v) is 8.60. The number of benzene rings is 1. The van der Waals surface area contributed by atoms with Crippen LogP contribution in [0.3, 0.4) is 0 Å². The molecular formula is C18H26N2O5. The van der Waals surface area contributed by atoms with Crippen LogP contribution < -0.4 is 9.47 Å². The third-order valence-corrected chi connectivity index (χ3v) is 4.10. The van der Waals surface area contributed by atoms with E-state index in [-0.39, 0.29) is 12.0 Å².